The van der Waals surface area contributed by atoms with Crippen LogP contribution in [0, 0.1) is 0 Å². The molecule has 0 spiro atoms. The van der Waals surface area contributed by atoms with Crippen molar-refractivity contribution in [2.45, 2.75) is 6.42 Å². The average Bonchev–Trinajstić information content (AvgIpc) is 3.03. The highest BCUT2D eigenvalue weighted by molar-refractivity contribution is 7.79. The van der Waals surface area contributed by atoms with Crippen LogP contribution in [0.2, 0.25) is 10.0 Å². The van der Waals surface area contributed by atoms with E-state index < -0.39 is 19.9 Å². The number of hydrogen-bond donors (Lipinski definition) is 1. The van der Waals surface area contributed by atoms with Crippen molar-refractivity contribution < 1.29 is 19.1 Å². The first-order valence-electron chi connectivity index (χ1n) is 13.6. The van der Waals surface area contributed by atoms with Crippen LogP contribution in [0.1, 0.15) is 15.9 Å². The number of esters is 2. The minimum Gasteiger partial charge on any atom is -0.462 e. The number of halogens is 2. The van der Waals surface area contributed by atoms with Crippen molar-refractivity contribution in [1.29, 1.82) is 0 Å². The van der Waals surface area contributed by atoms with E-state index in [2.05, 4.69) is 29.6 Å². The van der Waals surface area contributed by atoms with E-state index in [9.17, 15) is 9.59 Å². The fourth-order valence-corrected chi connectivity index (χ4v) is 7.25. The van der Waals surface area contributed by atoms with E-state index in [0.717, 1.165) is 5.30 Å². The number of anilines is 2. The summed E-state index contributed by atoms with van der Waals surface area (Å²) in [6.45, 7) is -0.107. The number of carbonyl (C=O) groups excluding carboxylic acids is 2. The molecule has 1 N–H and O–H groups in total. The monoisotopic (exact) mass is 627 g/mol. The molecule has 0 aromatic heterocycles. The van der Waals surface area contributed by atoms with Gasteiger partial charge in [-0.25, -0.2) is 4.79 Å². The second-order valence-electron chi connectivity index (χ2n) is 9.47. The first kappa shape index (κ1) is 30.3. The third-order valence-electron chi connectivity index (χ3n) is 6.54. The molecule has 5 rings (SSSR count). The molecule has 0 heterocycles. The summed E-state index contributed by atoms with van der Waals surface area (Å²) < 4.78 is 10.7. The highest BCUT2D eigenvalue weighted by Crippen LogP contribution is 2.34. The van der Waals surface area contributed by atoms with Gasteiger partial charge >= 0.3 is 11.9 Å². The largest absolute Gasteiger partial charge is 0.462 e. The second kappa shape index (κ2) is 14.8. The van der Waals surface area contributed by atoms with E-state index in [1.807, 2.05) is 72.8 Å². The van der Waals surface area contributed by atoms with Gasteiger partial charge in [0, 0.05) is 5.69 Å². The van der Waals surface area contributed by atoms with Crippen LogP contribution < -0.4 is 21.2 Å². The Bertz CT molecular complexity index is 1620. The summed E-state index contributed by atoms with van der Waals surface area (Å²) in [4.78, 5) is 25.2. The number of ether oxygens (including phenoxy) is 2. The fraction of sp³-hybridized carbons (Fsp3) is 0.0857. The summed E-state index contributed by atoms with van der Waals surface area (Å²) in [5.74, 6) is -0.924. The Balaban J connectivity index is 1.14. The number of nitrogens with one attached hydrogen (secondary N) is 1. The van der Waals surface area contributed by atoms with Crippen molar-refractivity contribution in [3.63, 3.8) is 0 Å². The molecule has 0 amide bonds. The first-order valence-corrected chi connectivity index (χ1v) is 15.7. The lowest BCUT2D eigenvalue weighted by Gasteiger charge is -2.19. The molecule has 0 unspecified atom stereocenters. The molecule has 5 nitrogen and oxygen atoms in total. The predicted molar refractivity (Wildman–Crippen MR) is 176 cm³/mol. The van der Waals surface area contributed by atoms with Gasteiger partial charge in [-0.3, -0.25) is 4.79 Å². The van der Waals surface area contributed by atoms with Crippen LogP contribution in [0.3, 0.4) is 0 Å². The molecule has 216 valence electrons. The predicted octanol–water partition coefficient (Wildman–Crippen LogP) is 7.44. The molecule has 5 aromatic rings. The van der Waals surface area contributed by atoms with Crippen molar-refractivity contribution in [3.8, 4) is 0 Å². The molecule has 0 radical (unpaired) electrons. The van der Waals surface area contributed by atoms with Gasteiger partial charge in [0.25, 0.3) is 0 Å². The molecule has 0 saturated heterocycles. The number of carbonyl (C=O) groups is 2. The van der Waals surface area contributed by atoms with Crippen molar-refractivity contribution in [2.24, 2.45) is 0 Å². The van der Waals surface area contributed by atoms with Gasteiger partial charge < -0.3 is 14.8 Å². The van der Waals surface area contributed by atoms with Crippen molar-refractivity contribution >= 4 is 70.4 Å². The van der Waals surface area contributed by atoms with Crippen molar-refractivity contribution in [2.75, 3.05) is 18.5 Å². The van der Waals surface area contributed by atoms with Crippen LogP contribution in [0.25, 0.3) is 0 Å². The Hall–Kier alpha value is -4.15. The Morgan fingerprint density at radius 2 is 1.14 bits per heavy atom. The van der Waals surface area contributed by atoms with Gasteiger partial charge in [0.1, 0.15) is 13.2 Å². The number of rotatable bonds is 11. The molecule has 0 aliphatic carbocycles. The molecule has 0 fully saturated rings. The zero-order chi connectivity index (χ0) is 30.0. The Morgan fingerprint density at radius 3 is 1.77 bits per heavy atom. The Kier molecular flexibility index (Phi) is 10.5. The minimum absolute atomic E-state index is 0.0203. The zero-order valence-electron chi connectivity index (χ0n) is 23.1. The molecule has 8 heteroatoms. The standard InChI is InChI=1S/C35H28Cl2NO4P/c36-30-15-9-16-31(37)34(30)38-32-17-8-7-10-26(32)24-33(39)41-22-23-42-35(40)25-18-20-29(21-19-25)43(27-11-3-1-4-12-27)28-13-5-2-6-14-28/h1-21,38H,22-24H2. The lowest BCUT2D eigenvalue weighted by molar-refractivity contribution is -0.143. The normalized spacial score (nSPS) is 10.8. The number of benzene rings is 5. The van der Waals surface area contributed by atoms with Crippen molar-refractivity contribution in [3.05, 3.63) is 149 Å². The summed E-state index contributed by atoms with van der Waals surface area (Å²) in [5, 5.41) is 7.72. The van der Waals surface area contributed by atoms with Crippen LogP contribution in [-0.2, 0) is 20.7 Å². The SMILES string of the molecule is O=C(Cc1ccccc1Nc1c(Cl)cccc1Cl)OCCOC(=O)c1ccc(P(c2ccccc2)c2ccccc2)cc1. The summed E-state index contributed by atoms with van der Waals surface area (Å²) in [5.41, 5.74) is 2.40. The molecule has 0 aliphatic rings. The van der Waals surface area contributed by atoms with Gasteiger partial charge in [0.15, 0.2) is 0 Å². The van der Waals surface area contributed by atoms with Gasteiger partial charge in [0.2, 0.25) is 0 Å². The topological polar surface area (TPSA) is 64.6 Å². The third-order valence-corrected chi connectivity index (χ3v) is 9.62. The molecule has 43 heavy (non-hydrogen) atoms. The smallest absolute Gasteiger partial charge is 0.338 e. The van der Waals surface area contributed by atoms with Crippen LogP contribution in [0.4, 0.5) is 11.4 Å². The zero-order valence-corrected chi connectivity index (χ0v) is 25.5. The average molecular weight is 628 g/mol. The van der Waals surface area contributed by atoms with Gasteiger partial charge in [-0.1, -0.05) is 120 Å². The van der Waals surface area contributed by atoms with Crippen LogP contribution in [-0.4, -0.2) is 25.2 Å². The maximum Gasteiger partial charge on any atom is 0.338 e. The fourth-order valence-electron chi connectivity index (χ4n) is 4.48. The molecule has 0 saturated carbocycles. The third kappa shape index (κ3) is 8.03. The highest BCUT2D eigenvalue weighted by Gasteiger charge is 2.17. The van der Waals surface area contributed by atoms with E-state index in [1.54, 1.807) is 30.3 Å². The van der Waals surface area contributed by atoms with E-state index in [-0.39, 0.29) is 19.6 Å². The van der Waals surface area contributed by atoms with E-state index >= 15 is 0 Å². The maximum absolute atomic E-state index is 12.7. The van der Waals surface area contributed by atoms with E-state index in [1.165, 1.54) is 10.6 Å². The molecule has 5 aromatic carbocycles. The van der Waals surface area contributed by atoms with Crippen LogP contribution in [0.15, 0.2) is 127 Å². The summed E-state index contributed by atoms with van der Waals surface area (Å²) in [7, 11) is -0.768. The second-order valence-corrected chi connectivity index (χ2v) is 12.5. The van der Waals surface area contributed by atoms with E-state index in [4.69, 9.17) is 32.7 Å². The Labute approximate surface area is 262 Å². The van der Waals surface area contributed by atoms with Gasteiger partial charge in [0.05, 0.1) is 27.7 Å². The molecule has 0 aliphatic heterocycles. The quantitative estimate of drug-likeness (QED) is 0.0937. The Morgan fingerprint density at radius 1 is 0.605 bits per heavy atom. The van der Waals surface area contributed by atoms with Gasteiger partial charge in [-0.15, -0.1) is 0 Å². The first-order chi connectivity index (χ1) is 21.0. The van der Waals surface area contributed by atoms with Gasteiger partial charge in [-0.2, -0.15) is 0 Å². The van der Waals surface area contributed by atoms with Crippen LogP contribution >= 0.6 is 31.1 Å². The molecular weight excluding hydrogens is 600 g/mol. The summed E-state index contributed by atoms with van der Waals surface area (Å²) in [6, 6.07) is 40.8. The molecular formula is C35H28Cl2NO4P. The van der Waals surface area contributed by atoms with Crippen molar-refractivity contribution in [1.82, 2.24) is 0 Å². The molecule has 0 atom stereocenters. The maximum atomic E-state index is 12.7. The molecule has 0 bridgehead atoms. The lowest BCUT2D eigenvalue weighted by atomic mass is 10.1. The van der Waals surface area contributed by atoms with E-state index in [0.29, 0.717) is 32.5 Å². The summed E-state index contributed by atoms with van der Waals surface area (Å²) >= 11 is 12.6. The lowest BCUT2D eigenvalue weighted by Crippen LogP contribution is -2.21. The highest BCUT2D eigenvalue weighted by atomic mass is 35.5. The number of hydrogen-bond acceptors (Lipinski definition) is 5. The van der Waals surface area contributed by atoms with Gasteiger partial charge in [-0.05, 0) is 59.7 Å². The summed E-state index contributed by atoms with van der Waals surface area (Å²) in [6.07, 6.45) is 0.0203. The van der Waals surface area contributed by atoms with Crippen LogP contribution in [0.5, 0.6) is 0 Å². The minimum atomic E-state index is -0.768. The number of para-hydroxylation sites is 2.